The Bertz CT molecular complexity index is 412. The molecule has 0 bridgehead atoms. The van der Waals surface area contributed by atoms with E-state index >= 15 is 0 Å². The van der Waals surface area contributed by atoms with E-state index in [1.165, 1.54) is 5.56 Å². The zero-order valence-electron chi connectivity index (χ0n) is 13.6. The molecule has 0 aromatic heterocycles. The highest BCUT2D eigenvalue weighted by Gasteiger charge is 2.07. The smallest absolute Gasteiger partial charge is 0.236 e. The SMILES string of the molecule is COCCNCC(=O)N(C)CCCc1ccc(OC)cc1.Cl. The van der Waals surface area contributed by atoms with Gasteiger partial charge >= 0.3 is 0 Å². The summed E-state index contributed by atoms with van der Waals surface area (Å²) in [6.45, 7) is 2.44. The lowest BCUT2D eigenvalue weighted by molar-refractivity contribution is -0.129. The Labute approximate surface area is 139 Å². The van der Waals surface area contributed by atoms with Gasteiger partial charge in [0.1, 0.15) is 5.75 Å². The minimum absolute atomic E-state index is 0. The van der Waals surface area contributed by atoms with Gasteiger partial charge in [0.2, 0.25) is 5.91 Å². The Kier molecular flexibility index (Phi) is 11.5. The van der Waals surface area contributed by atoms with Gasteiger partial charge < -0.3 is 19.7 Å². The van der Waals surface area contributed by atoms with E-state index in [9.17, 15) is 4.79 Å². The second-order valence-corrected chi connectivity index (χ2v) is 4.94. The van der Waals surface area contributed by atoms with Crippen molar-refractivity contribution >= 4 is 18.3 Å². The highest BCUT2D eigenvalue weighted by molar-refractivity contribution is 5.85. The van der Waals surface area contributed by atoms with Gasteiger partial charge in [0.15, 0.2) is 0 Å². The molecule has 0 atom stereocenters. The Morgan fingerprint density at radius 1 is 1.23 bits per heavy atom. The first-order valence-corrected chi connectivity index (χ1v) is 7.24. The molecule has 0 saturated heterocycles. The van der Waals surface area contributed by atoms with Gasteiger partial charge in [-0.1, -0.05) is 12.1 Å². The van der Waals surface area contributed by atoms with Crippen molar-refractivity contribution in [1.82, 2.24) is 10.2 Å². The number of benzene rings is 1. The molecule has 0 aliphatic heterocycles. The number of halogens is 1. The molecule has 1 amide bonds. The molecule has 1 aromatic carbocycles. The van der Waals surface area contributed by atoms with Gasteiger partial charge in [-0.05, 0) is 30.5 Å². The van der Waals surface area contributed by atoms with Crippen LogP contribution in [-0.4, -0.2) is 58.3 Å². The molecule has 1 aromatic rings. The van der Waals surface area contributed by atoms with Gasteiger partial charge in [-0.3, -0.25) is 4.79 Å². The molecule has 22 heavy (non-hydrogen) atoms. The summed E-state index contributed by atoms with van der Waals surface area (Å²) < 4.78 is 10.0. The maximum Gasteiger partial charge on any atom is 0.236 e. The van der Waals surface area contributed by atoms with E-state index in [2.05, 4.69) is 17.4 Å². The molecule has 0 fully saturated rings. The number of nitrogens with zero attached hydrogens (tertiary/aromatic N) is 1. The number of methoxy groups -OCH3 is 2. The Morgan fingerprint density at radius 3 is 2.50 bits per heavy atom. The molecule has 0 spiro atoms. The molecule has 126 valence electrons. The molecular formula is C16H27ClN2O3. The number of rotatable bonds is 10. The van der Waals surface area contributed by atoms with Gasteiger partial charge in [0.05, 0.1) is 20.3 Å². The van der Waals surface area contributed by atoms with Crippen LogP contribution >= 0.6 is 12.4 Å². The van der Waals surface area contributed by atoms with Crippen molar-refractivity contribution in [2.24, 2.45) is 0 Å². The summed E-state index contributed by atoms with van der Waals surface area (Å²) in [7, 11) is 5.15. The van der Waals surface area contributed by atoms with E-state index in [-0.39, 0.29) is 18.3 Å². The largest absolute Gasteiger partial charge is 0.497 e. The van der Waals surface area contributed by atoms with E-state index in [4.69, 9.17) is 9.47 Å². The number of carbonyl (C=O) groups is 1. The van der Waals surface area contributed by atoms with Gasteiger partial charge in [-0.25, -0.2) is 0 Å². The fourth-order valence-electron chi connectivity index (χ4n) is 1.94. The van der Waals surface area contributed by atoms with E-state index in [0.29, 0.717) is 19.7 Å². The summed E-state index contributed by atoms with van der Waals surface area (Å²) in [4.78, 5) is 13.6. The number of aryl methyl sites for hydroxylation is 1. The lowest BCUT2D eigenvalue weighted by atomic mass is 10.1. The molecule has 0 heterocycles. The third-order valence-corrected chi connectivity index (χ3v) is 3.30. The first-order valence-electron chi connectivity index (χ1n) is 7.24. The maximum atomic E-state index is 11.8. The van der Waals surface area contributed by atoms with E-state index in [1.807, 2.05) is 19.2 Å². The quantitative estimate of drug-likeness (QED) is 0.664. The summed E-state index contributed by atoms with van der Waals surface area (Å²) in [5.74, 6) is 0.981. The van der Waals surface area contributed by atoms with Crippen LogP contribution in [0.3, 0.4) is 0 Å². The normalized spacial score (nSPS) is 9.95. The Hall–Kier alpha value is -1.30. The van der Waals surface area contributed by atoms with E-state index in [1.54, 1.807) is 19.1 Å². The zero-order chi connectivity index (χ0) is 15.5. The van der Waals surface area contributed by atoms with Gasteiger partial charge in [0, 0.05) is 27.2 Å². The van der Waals surface area contributed by atoms with Gasteiger partial charge in [-0.2, -0.15) is 0 Å². The highest BCUT2D eigenvalue weighted by atomic mass is 35.5. The van der Waals surface area contributed by atoms with Crippen molar-refractivity contribution in [1.29, 1.82) is 0 Å². The van der Waals surface area contributed by atoms with Crippen LogP contribution in [0.2, 0.25) is 0 Å². The van der Waals surface area contributed by atoms with Gasteiger partial charge in [-0.15, -0.1) is 12.4 Å². The van der Waals surface area contributed by atoms with Gasteiger partial charge in [0.25, 0.3) is 0 Å². The van der Waals surface area contributed by atoms with Crippen LogP contribution in [0.4, 0.5) is 0 Å². The van der Waals surface area contributed by atoms with Crippen molar-refractivity contribution < 1.29 is 14.3 Å². The second-order valence-electron chi connectivity index (χ2n) is 4.94. The molecule has 0 radical (unpaired) electrons. The minimum atomic E-state index is 0. The number of nitrogens with one attached hydrogen (secondary N) is 1. The van der Waals surface area contributed by atoms with Crippen LogP contribution in [0, 0.1) is 0 Å². The second kappa shape index (κ2) is 12.3. The number of likely N-dealkylation sites (N-methyl/N-ethyl adjacent to an activating group) is 1. The number of carbonyl (C=O) groups excluding carboxylic acids is 1. The average Bonchev–Trinajstić information content (AvgIpc) is 2.52. The monoisotopic (exact) mass is 330 g/mol. The number of hydrogen-bond acceptors (Lipinski definition) is 4. The van der Waals surface area contributed by atoms with Crippen LogP contribution in [0.5, 0.6) is 5.75 Å². The van der Waals surface area contributed by atoms with Crippen LogP contribution in [0.25, 0.3) is 0 Å². The molecular weight excluding hydrogens is 304 g/mol. The molecule has 6 heteroatoms. The van der Waals surface area contributed by atoms with Crippen LogP contribution in [0.15, 0.2) is 24.3 Å². The summed E-state index contributed by atoms with van der Waals surface area (Å²) >= 11 is 0. The molecule has 1 N–H and O–H groups in total. The first-order chi connectivity index (χ1) is 10.2. The minimum Gasteiger partial charge on any atom is -0.497 e. The van der Waals surface area contributed by atoms with Crippen molar-refractivity contribution in [3.8, 4) is 5.75 Å². The number of ether oxygens (including phenoxy) is 2. The van der Waals surface area contributed by atoms with E-state index in [0.717, 1.165) is 25.1 Å². The Morgan fingerprint density at radius 2 is 1.91 bits per heavy atom. The molecule has 0 aliphatic rings. The summed E-state index contributed by atoms with van der Waals surface area (Å²) in [5, 5.41) is 3.06. The molecule has 0 unspecified atom stereocenters. The highest BCUT2D eigenvalue weighted by Crippen LogP contribution is 2.12. The molecule has 5 nitrogen and oxygen atoms in total. The van der Waals surface area contributed by atoms with Crippen molar-refractivity contribution in [2.75, 3.05) is 47.5 Å². The topological polar surface area (TPSA) is 50.8 Å². The predicted molar refractivity (Wildman–Crippen MR) is 90.9 cm³/mol. The fraction of sp³-hybridized carbons (Fsp3) is 0.562. The molecule has 0 saturated carbocycles. The first kappa shape index (κ1) is 20.7. The summed E-state index contributed by atoms with van der Waals surface area (Å²) in [6.07, 6.45) is 1.91. The summed E-state index contributed by atoms with van der Waals surface area (Å²) in [6, 6.07) is 8.05. The predicted octanol–water partition coefficient (Wildman–Crippen LogP) is 1.74. The van der Waals surface area contributed by atoms with Crippen molar-refractivity contribution in [3.63, 3.8) is 0 Å². The third kappa shape index (κ3) is 8.22. The van der Waals surface area contributed by atoms with Crippen LogP contribution in [-0.2, 0) is 16.0 Å². The molecule has 0 aliphatic carbocycles. The van der Waals surface area contributed by atoms with Crippen molar-refractivity contribution in [2.45, 2.75) is 12.8 Å². The van der Waals surface area contributed by atoms with Crippen molar-refractivity contribution in [3.05, 3.63) is 29.8 Å². The standard InChI is InChI=1S/C16H26N2O3.ClH/c1-18(16(19)13-17-10-12-20-2)11-4-5-14-6-8-15(21-3)9-7-14;/h6-9,17H,4-5,10-13H2,1-3H3;1H. The third-order valence-electron chi connectivity index (χ3n) is 3.30. The van der Waals surface area contributed by atoms with E-state index < -0.39 is 0 Å². The Balaban J connectivity index is 0.00000441. The number of amides is 1. The maximum absolute atomic E-state index is 11.8. The summed E-state index contributed by atoms with van der Waals surface area (Å²) in [5.41, 5.74) is 1.26. The molecule has 1 rings (SSSR count). The number of hydrogen-bond donors (Lipinski definition) is 1. The van der Waals surface area contributed by atoms with Crippen LogP contribution < -0.4 is 10.1 Å². The average molecular weight is 331 g/mol. The fourth-order valence-corrected chi connectivity index (χ4v) is 1.94. The lowest BCUT2D eigenvalue weighted by Gasteiger charge is -2.17. The lowest BCUT2D eigenvalue weighted by Crippen LogP contribution is -2.37. The van der Waals surface area contributed by atoms with Crippen LogP contribution in [0.1, 0.15) is 12.0 Å². The zero-order valence-corrected chi connectivity index (χ0v) is 14.4.